The number of ether oxygens (including phenoxy) is 1. The van der Waals surface area contributed by atoms with Crippen LogP contribution >= 0.6 is 11.6 Å². The normalized spacial score (nSPS) is 17.9. The van der Waals surface area contributed by atoms with Gasteiger partial charge in [-0.05, 0) is 57.3 Å². The second kappa shape index (κ2) is 12.3. The molecule has 0 bridgehead atoms. The molecule has 3 aromatic rings. The number of nitrogens with zero attached hydrogens (tertiary/aromatic N) is 4. The van der Waals surface area contributed by atoms with Crippen molar-refractivity contribution in [3.63, 3.8) is 0 Å². The van der Waals surface area contributed by atoms with E-state index in [1.807, 2.05) is 0 Å². The Morgan fingerprint density at radius 1 is 1.13 bits per heavy atom. The Morgan fingerprint density at radius 3 is 2.62 bits per heavy atom. The Bertz CT molecular complexity index is 1380. The highest BCUT2D eigenvalue weighted by atomic mass is 35.5. The van der Waals surface area contributed by atoms with Gasteiger partial charge in [-0.1, -0.05) is 31.4 Å². The fraction of sp³-hybridized carbons (Fsp3) is 0.556. The van der Waals surface area contributed by atoms with Crippen LogP contribution in [0.5, 0.6) is 5.75 Å². The minimum absolute atomic E-state index is 0.218. The van der Waals surface area contributed by atoms with Gasteiger partial charge in [-0.2, -0.15) is 14.3 Å². The lowest BCUT2D eigenvalue weighted by Crippen LogP contribution is -2.48. The van der Waals surface area contributed by atoms with Crippen LogP contribution in [0.2, 0.25) is 5.02 Å². The third-order valence-electron chi connectivity index (χ3n) is 7.69. The fourth-order valence-corrected chi connectivity index (χ4v) is 7.22. The van der Waals surface area contributed by atoms with E-state index < -0.39 is 10.0 Å². The molecule has 0 atom stereocenters. The van der Waals surface area contributed by atoms with Crippen molar-refractivity contribution >= 4 is 50.1 Å². The molecule has 0 radical (unpaired) electrons. The molecule has 10 nitrogen and oxygen atoms in total. The first-order valence-corrected chi connectivity index (χ1v) is 15.7. The van der Waals surface area contributed by atoms with Crippen molar-refractivity contribution in [2.24, 2.45) is 0 Å². The Balaban J connectivity index is 1.32. The quantitative estimate of drug-likeness (QED) is 0.282. The molecule has 2 aliphatic rings. The van der Waals surface area contributed by atoms with E-state index in [1.54, 1.807) is 28.7 Å². The number of methoxy groups -OCH3 is 1. The number of aromatic nitrogens is 3. The molecule has 3 N–H and O–H groups in total. The van der Waals surface area contributed by atoms with E-state index in [0.29, 0.717) is 53.0 Å². The molecule has 212 valence electrons. The van der Waals surface area contributed by atoms with E-state index in [0.717, 1.165) is 50.7 Å². The molecule has 2 saturated heterocycles. The average molecular weight is 576 g/mol. The third kappa shape index (κ3) is 6.11. The number of nitrogens with one attached hydrogen (secondary N) is 3. The molecule has 0 aliphatic carbocycles. The van der Waals surface area contributed by atoms with Gasteiger partial charge in [0, 0.05) is 37.9 Å². The molecular formula is C27H38ClN7O3S. The number of anilines is 3. The molecule has 0 saturated carbocycles. The molecule has 2 fully saturated rings. The van der Waals surface area contributed by atoms with Crippen molar-refractivity contribution < 1.29 is 13.2 Å². The molecule has 0 amide bonds. The van der Waals surface area contributed by atoms with Crippen LogP contribution < -0.4 is 15.4 Å². The summed E-state index contributed by atoms with van der Waals surface area (Å²) in [6.07, 6.45) is 9.26. The molecule has 39 heavy (non-hydrogen) atoms. The first-order chi connectivity index (χ1) is 18.9. The molecule has 1 aromatic carbocycles. The monoisotopic (exact) mass is 575 g/mol. The van der Waals surface area contributed by atoms with E-state index in [9.17, 15) is 8.42 Å². The highest BCUT2D eigenvalue weighted by Crippen LogP contribution is 2.34. The Morgan fingerprint density at radius 2 is 1.90 bits per heavy atom. The zero-order valence-electron chi connectivity index (χ0n) is 22.7. The predicted octanol–water partition coefficient (Wildman–Crippen LogP) is 5.21. The highest BCUT2D eigenvalue weighted by Gasteiger charge is 2.32. The lowest BCUT2D eigenvalue weighted by molar-refractivity contribution is 0.118. The number of sulfonamides is 1. The lowest BCUT2D eigenvalue weighted by Gasteiger charge is -2.39. The number of rotatable bonds is 10. The lowest BCUT2D eigenvalue weighted by atomic mass is 10.0. The molecule has 4 heterocycles. The number of likely N-dealkylation sites (tertiary alicyclic amines) is 1. The maximum atomic E-state index is 13.5. The summed E-state index contributed by atoms with van der Waals surface area (Å²) >= 11 is 6.37. The molecule has 5 rings (SSSR count). The molecular weight excluding hydrogens is 538 g/mol. The Hall–Kier alpha value is -2.60. The van der Waals surface area contributed by atoms with Gasteiger partial charge >= 0.3 is 0 Å². The van der Waals surface area contributed by atoms with E-state index in [4.69, 9.17) is 16.3 Å². The fourth-order valence-electron chi connectivity index (χ4n) is 5.50. The third-order valence-corrected chi connectivity index (χ3v) is 9.89. The van der Waals surface area contributed by atoms with Gasteiger partial charge in [0.1, 0.15) is 17.2 Å². The maximum Gasteiger partial charge on any atom is 0.243 e. The highest BCUT2D eigenvalue weighted by molar-refractivity contribution is 7.89. The van der Waals surface area contributed by atoms with Gasteiger partial charge in [0.2, 0.25) is 16.0 Å². The van der Waals surface area contributed by atoms with Crippen molar-refractivity contribution in [2.75, 3.05) is 50.5 Å². The number of benzene rings is 1. The predicted molar refractivity (Wildman–Crippen MR) is 156 cm³/mol. The topological polar surface area (TPSA) is 115 Å². The molecule has 12 heteroatoms. The first-order valence-electron chi connectivity index (χ1n) is 13.9. The number of unbranched alkanes of at least 4 members (excludes halogenated alkanes) is 1. The summed E-state index contributed by atoms with van der Waals surface area (Å²) in [6.45, 7) is 6.22. The molecule has 2 aromatic heterocycles. The van der Waals surface area contributed by atoms with Gasteiger partial charge < -0.3 is 25.3 Å². The van der Waals surface area contributed by atoms with Gasteiger partial charge in [0.05, 0.1) is 28.1 Å². The van der Waals surface area contributed by atoms with Crippen LogP contribution in [0.25, 0.3) is 11.0 Å². The minimum atomic E-state index is -3.64. The second-order valence-electron chi connectivity index (χ2n) is 10.3. The summed E-state index contributed by atoms with van der Waals surface area (Å²) < 4.78 is 34.2. The summed E-state index contributed by atoms with van der Waals surface area (Å²) in [6, 6.07) is 5.36. The standard InChI is InChI=1S/C27H38ClN7O3S/c1-3-4-12-29-25-24-21(28)18-30-26(24)33-27(32-25)31-22-9-8-20(17-23(22)38-2)39(36,37)35-15-10-19(11-16-35)34-13-6-5-7-14-34/h8-9,17-19H,3-7,10-16H2,1-2H3,(H3,29,30,31,32,33). The number of hydrogen-bond donors (Lipinski definition) is 3. The first kappa shape index (κ1) is 27.9. The van der Waals surface area contributed by atoms with Gasteiger partial charge in [0.25, 0.3) is 0 Å². The number of piperidine rings is 2. The summed E-state index contributed by atoms with van der Waals surface area (Å²) in [5, 5.41) is 7.81. The van der Waals surface area contributed by atoms with Crippen molar-refractivity contribution in [3.8, 4) is 5.75 Å². The van der Waals surface area contributed by atoms with Gasteiger partial charge in [0.15, 0.2) is 0 Å². The zero-order chi connectivity index (χ0) is 27.4. The van der Waals surface area contributed by atoms with E-state index >= 15 is 0 Å². The van der Waals surface area contributed by atoms with Crippen LogP contribution in [-0.2, 0) is 10.0 Å². The number of H-pyrrole nitrogens is 1. The second-order valence-corrected chi connectivity index (χ2v) is 12.6. The van der Waals surface area contributed by atoms with Crippen LogP contribution in [0.1, 0.15) is 51.9 Å². The van der Waals surface area contributed by atoms with Crippen molar-refractivity contribution in [1.29, 1.82) is 0 Å². The van der Waals surface area contributed by atoms with Crippen LogP contribution in [-0.4, -0.2) is 78.5 Å². The largest absolute Gasteiger partial charge is 0.495 e. The van der Waals surface area contributed by atoms with Gasteiger partial charge in [-0.3, -0.25) is 0 Å². The summed E-state index contributed by atoms with van der Waals surface area (Å²) in [5.41, 5.74) is 1.17. The van der Waals surface area contributed by atoms with E-state index in [-0.39, 0.29) is 4.90 Å². The van der Waals surface area contributed by atoms with E-state index in [2.05, 4.69) is 37.4 Å². The summed E-state index contributed by atoms with van der Waals surface area (Å²) in [7, 11) is -2.12. The molecule has 0 unspecified atom stereocenters. The van der Waals surface area contributed by atoms with E-state index in [1.165, 1.54) is 26.4 Å². The number of aromatic amines is 1. The molecule has 0 spiro atoms. The van der Waals surface area contributed by atoms with Crippen LogP contribution in [0, 0.1) is 0 Å². The van der Waals surface area contributed by atoms with Crippen LogP contribution in [0.4, 0.5) is 17.5 Å². The SMILES string of the molecule is CCCCNc1nc(Nc2ccc(S(=O)(=O)N3CCC(N4CCCCC4)CC3)cc2OC)nc2[nH]cc(Cl)c12. The zero-order valence-corrected chi connectivity index (χ0v) is 24.2. The Labute approximate surface area is 235 Å². The molecule has 2 aliphatic heterocycles. The van der Waals surface area contributed by atoms with Crippen molar-refractivity contribution in [3.05, 3.63) is 29.4 Å². The number of fused-ring (bicyclic) bond motifs is 1. The van der Waals surface area contributed by atoms with Crippen LogP contribution in [0.15, 0.2) is 29.3 Å². The number of halogens is 1. The maximum absolute atomic E-state index is 13.5. The van der Waals surface area contributed by atoms with Crippen molar-refractivity contribution in [1.82, 2.24) is 24.2 Å². The minimum Gasteiger partial charge on any atom is -0.495 e. The van der Waals surface area contributed by atoms with Gasteiger partial charge in [-0.15, -0.1) is 0 Å². The average Bonchev–Trinajstić information content (AvgIpc) is 3.34. The smallest absolute Gasteiger partial charge is 0.243 e. The van der Waals surface area contributed by atoms with Gasteiger partial charge in [-0.25, -0.2) is 8.42 Å². The summed E-state index contributed by atoms with van der Waals surface area (Å²) in [4.78, 5) is 15.0. The van der Waals surface area contributed by atoms with Crippen molar-refractivity contribution in [2.45, 2.75) is 62.8 Å². The Kier molecular flexibility index (Phi) is 8.80. The number of hydrogen-bond acceptors (Lipinski definition) is 8. The van der Waals surface area contributed by atoms with Crippen LogP contribution in [0.3, 0.4) is 0 Å². The summed E-state index contributed by atoms with van der Waals surface area (Å²) in [5.74, 6) is 1.37.